The fourth-order valence-electron chi connectivity index (χ4n) is 2.58. The van der Waals surface area contributed by atoms with Crippen LogP contribution in [0.25, 0.3) is 5.69 Å². The van der Waals surface area contributed by atoms with Crippen molar-refractivity contribution in [2.24, 2.45) is 0 Å². The summed E-state index contributed by atoms with van der Waals surface area (Å²) in [6.07, 6.45) is 1.78. The highest BCUT2D eigenvalue weighted by molar-refractivity contribution is 6.03. The monoisotopic (exact) mass is 405 g/mol. The highest BCUT2D eigenvalue weighted by Gasteiger charge is 2.18. The molecule has 1 N–H and O–H groups in total. The van der Waals surface area contributed by atoms with Crippen LogP contribution in [0.15, 0.2) is 36.5 Å². The number of aromatic nitrogens is 5. The zero-order valence-electron chi connectivity index (χ0n) is 16.2. The van der Waals surface area contributed by atoms with Gasteiger partial charge in [-0.25, -0.2) is 4.68 Å². The standard InChI is InChI=1S/C18H21F2N7O2/c1-12-16(17(28)21-15-8-9-26(23-15)11-10-25(2)3)22-24-27(12)13-4-6-14(7-5-13)29-18(19)20/h4-9,18H,10-11H2,1-3H3,(H,21,23,28). The first-order chi connectivity index (χ1) is 13.8. The molecule has 0 fully saturated rings. The molecule has 1 amide bonds. The number of anilines is 1. The third-order valence-electron chi connectivity index (χ3n) is 4.07. The van der Waals surface area contributed by atoms with Gasteiger partial charge in [-0.2, -0.15) is 13.9 Å². The van der Waals surface area contributed by atoms with E-state index in [1.165, 1.54) is 16.8 Å². The second kappa shape index (κ2) is 8.78. The molecule has 0 spiro atoms. The molecule has 3 rings (SSSR count). The van der Waals surface area contributed by atoms with Gasteiger partial charge in [0.05, 0.1) is 17.9 Å². The minimum Gasteiger partial charge on any atom is -0.435 e. The third-order valence-corrected chi connectivity index (χ3v) is 4.07. The van der Waals surface area contributed by atoms with Crippen LogP contribution in [0, 0.1) is 6.92 Å². The van der Waals surface area contributed by atoms with E-state index < -0.39 is 12.5 Å². The Hall–Kier alpha value is -3.34. The van der Waals surface area contributed by atoms with Crippen LogP contribution in [0.1, 0.15) is 16.2 Å². The van der Waals surface area contributed by atoms with Crippen molar-refractivity contribution >= 4 is 11.7 Å². The smallest absolute Gasteiger partial charge is 0.387 e. The van der Waals surface area contributed by atoms with Crippen LogP contribution in [0.5, 0.6) is 5.75 Å². The number of nitrogens with zero attached hydrogens (tertiary/aromatic N) is 6. The molecule has 0 bridgehead atoms. The third kappa shape index (κ3) is 5.13. The molecule has 154 valence electrons. The van der Waals surface area contributed by atoms with Gasteiger partial charge in [0.15, 0.2) is 11.5 Å². The van der Waals surface area contributed by atoms with Crippen LogP contribution in [0.4, 0.5) is 14.6 Å². The van der Waals surface area contributed by atoms with Gasteiger partial charge >= 0.3 is 6.61 Å². The predicted octanol–water partition coefficient (Wildman–Crippen LogP) is 2.19. The van der Waals surface area contributed by atoms with Gasteiger partial charge in [0.25, 0.3) is 5.91 Å². The summed E-state index contributed by atoms with van der Waals surface area (Å²) in [7, 11) is 3.94. The molecule has 9 nitrogen and oxygen atoms in total. The first kappa shape index (κ1) is 20.4. The lowest BCUT2D eigenvalue weighted by Crippen LogP contribution is -2.19. The van der Waals surface area contributed by atoms with Gasteiger partial charge < -0.3 is 15.0 Å². The average molecular weight is 405 g/mol. The number of hydrogen-bond donors (Lipinski definition) is 1. The summed E-state index contributed by atoms with van der Waals surface area (Å²) in [5, 5.41) is 14.9. The predicted molar refractivity (Wildman–Crippen MR) is 101 cm³/mol. The van der Waals surface area contributed by atoms with E-state index in [0.717, 1.165) is 6.54 Å². The van der Waals surface area contributed by atoms with E-state index in [4.69, 9.17) is 0 Å². The molecule has 2 aromatic heterocycles. The second-order valence-electron chi connectivity index (χ2n) is 6.53. The van der Waals surface area contributed by atoms with Crippen molar-refractivity contribution in [3.63, 3.8) is 0 Å². The molecule has 29 heavy (non-hydrogen) atoms. The number of hydrogen-bond acceptors (Lipinski definition) is 6. The Morgan fingerprint density at radius 1 is 1.24 bits per heavy atom. The molecule has 0 unspecified atom stereocenters. The number of likely N-dealkylation sites (N-methyl/N-ethyl adjacent to an activating group) is 1. The van der Waals surface area contributed by atoms with E-state index in [1.54, 1.807) is 36.0 Å². The minimum atomic E-state index is -2.89. The number of nitrogens with one attached hydrogen (secondary N) is 1. The first-order valence-corrected chi connectivity index (χ1v) is 8.80. The van der Waals surface area contributed by atoms with Gasteiger partial charge in [-0.3, -0.25) is 9.48 Å². The molecule has 1 aromatic carbocycles. The van der Waals surface area contributed by atoms with Gasteiger partial charge in [-0.05, 0) is 45.3 Å². The summed E-state index contributed by atoms with van der Waals surface area (Å²) in [4.78, 5) is 14.6. The van der Waals surface area contributed by atoms with E-state index in [-0.39, 0.29) is 11.4 Å². The highest BCUT2D eigenvalue weighted by atomic mass is 19.3. The van der Waals surface area contributed by atoms with Crippen molar-refractivity contribution < 1.29 is 18.3 Å². The van der Waals surface area contributed by atoms with Crippen molar-refractivity contribution in [1.82, 2.24) is 29.7 Å². The molecule has 0 radical (unpaired) electrons. The van der Waals surface area contributed by atoms with Crippen LogP contribution in [0.2, 0.25) is 0 Å². The lowest BCUT2D eigenvalue weighted by Gasteiger charge is -2.08. The average Bonchev–Trinajstić information content (AvgIpc) is 3.26. The molecule has 3 aromatic rings. The molecular weight excluding hydrogens is 384 g/mol. The molecule has 0 aliphatic heterocycles. The largest absolute Gasteiger partial charge is 0.435 e. The van der Waals surface area contributed by atoms with Gasteiger partial charge in [-0.15, -0.1) is 5.10 Å². The maximum absolute atomic E-state index is 12.5. The van der Waals surface area contributed by atoms with Crippen molar-refractivity contribution in [2.45, 2.75) is 20.1 Å². The molecule has 0 aliphatic carbocycles. The van der Waals surface area contributed by atoms with E-state index in [1.807, 2.05) is 19.0 Å². The van der Waals surface area contributed by atoms with E-state index in [0.29, 0.717) is 23.7 Å². The Morgan fingerprint density at radius 3 is 2.62 bits per heavy atom. The second-order valence-corrected chi connectivity index (χ2v) is 6.53. The Kier molecular flexibility index (Phi) is 6.17. The summed E-state index contributed by atoms with van der Waals surface area (Å²) in [6, 6.07) is 7.58. The quantitative estimate of drug-likeness (QED) is 0.618. The van der Waals surface area contributed by atoms with Gasteiger partial charge in [0.2, 0.25) is 0 Å². The topological polar surface area (TPSA) is 90.1 Å². The van der Waals surface area contributed by atoms with Gasteiger partial charge in [0.1, 0.15) is 5.75 Å². The molecule has 2 heterocycles. The van der Waals surface area contributed by atoms with Crippen LogP contribution in [0.3, 0.4) is 0 Å². The zero-order valence-corrected chi connectivity index (χ0v) is 16.2. The summed E-state index contributed by atoms with van der Waals surface area (Å²) in [5.41, 5.74) is 1.20. The molecule has 0 saturated heterocycles. The lowest BCUT2D eigenvalue weighted by atomic mass is 10.2. The number of carbonyl (C=O) groups excluding carboxylic acids is 1. The van der Waals surface area contributed by atoms with Gasteiger partial charge in [0, 0.05) is 18.8 Å². The maximum atomic E-state index is 12.5. The van der Waals surface area contributed by atoms with Crippen molar-refractivity contribution in [3.05, 3.63) is 47.9 Å². The lowest BCUT2D eigenvalue weighted by molar-refractivity contribution is -0.0498. The van der Waals surface area contributed by atoms with E-state index in [2.05, 4.69) is 25.5 Å². The highest BCUT2D eigenvalue weighted by Crippen LogP contribution is 2.19. The number of amides is 1. The number of rotatable bonds is 8. The fourth-order valence-corrected chi connectivity index (χ4v) is 2.58. The Morgan fingerprint density at radius 2 is 1.97 bits per heavy atom. The van der Waals surface area contributed by atoms with Crippen LogP contribution < -0.4 is 10.1 Å². The van der Waals surface area contributed by atoms with Crippen molar-refractivity contribution in [1.29, 1.82) is 0 Å². The van der Waals surface area contributed by atoms with Crippen molar-refractivity contribution in [2.75, 3.05) is 26.0 Å². The van der Waals surface area contributed by atoms with Crippen LogP contribution in [-0.4, -0.2) is 62.8 Å². The normalized spacial score (nSPS) is 11.3. The number of halogens is 2. The molecule has 11 heteroatoms. The Labute approximate surface area is 165 Å². The van der Waals surface area contributed by atoms with Crippen molar-refractivity contribution in [3.8, 4) is 11.4 Å². The fraction of sp³-hybridized carbons (Fsp3) is 0.333. The van der Waals surface area contributed by atoms with Crippen LogP contribution >= 0.6 is 0 Å². The Balaban J connectivity index is 1.69. The summed E-state index contributed by atoms with van der Waals surface area (Å²) in [5.74, 6) is 0.00445. The van der Waals surface area contributed by atoms with E-state index in [9.17, 15) is 13.6 Å². The first-order valence-electron chi connectivity index (χ1n) is 8.80. The summed E-state index contributed by atoms with van der Waals surface area (Å²) in [6.45, 7) is 0.317. The number of alkyl halides is 2. The van der Waals surface area contributed by atoms with E-state index >= 15 is 0 Å². The molecule has 0 saturated carbocycles. The number of benzene rings is 1. The Bertz CT molecular complexity index is 967. The molecule has 0 atom stereocenters. The maximum Gasteiger partial charge on any atom is 0.387 e. The number of carbonyl (C=O) groups is 1. The molecule has 0 aliphatic rings. The minimum absolute atomic E-state index is 0.0318. The molecular formula is C18H21F2N7O2. The summed E-state index contributed by atoms with van der Waals surface area (Å²) >= 11 is 0. The SMILES string of the molecule is Cc1c(C(=O)Nc2ccn(CCN(C)C)n2)nnn1-c1ccc(OC(F)F)cc1. The number of ether oxygens (including phenoxy) is 1. The van der Waals surface area contributed by atoms with Crippen LogP contribution in [-0.2, 0) is 6.54 Å². The van der Waals surface area contributed by atoms with Gasteiger partial charge in [-0.1, -0.05) is 5.21 Å². The zero-order chi connectivity index (χ0) is 21.0. The summed E-state index contributed by atoms with van der Waals surface area (Å²) < 4.78 is 32.0.